The number of halogens is 1. The van der Waals surface area contributed by atoms with E-state index in [0.29, 0.717) is 18.2 Å². The van der Waals surface area contributed by atoms with Gasteiger partial charge in [-0.05, 0) is 17.7 Å². The Bertz CT molecular complexity index is 801. The van der Waals surface area contributed by atoms with Crippen LogP contribution in [0.25, 0.3) is 11.3 Å². The van der Waals surface area contributed by atoms with E-state index < -0.39 is 0 Å². The quantitative estimate of drug-likeness (QED) is 0.755. The van der Waals surface area contributed by atoms with E-state index in [4.69, 9.17) is 4.42 Å². The highest BCUT2D eigenvalue weighted by Gasteiger charge is 2.07. The fourth-order valence-electron chi connectivity index (χ4n) is 2.13. The van der Waals surface area contributed by atoms with Crippen molar-refractivity contribution in [2.75, 3.05) is 0 Å². The highest BCUT2D eigenvalue weighted by Crippen LogP contribution is 2.19. The van der Waals surface area contributed by atoms with Gasteiger partial charge in [0.15, 0.2) is 5.76 Å². The molecule has 2 aromatic carbocycles. The second kappa shape index (κ2) is 7.41. The van der Waals surface area contributed by atoms with Gasteiger partial charge >= 0.3 is 6.03 Å². The van der Waals surface area contributed by atoms with E-state index in [1.165, 1.54) is 12.1 Å². The molecule has 0 atom stereocenters. The summed E-state index contributed by atoms with van der Waals surface area (Å²) in [6.45, 7) is 0.495. The molecular formula is C18H16FN3O2. The fourth-order valence-corrected chi connectivity index (χ4v) is 2.13. The Morgan fingerprint density at radius 3 is 2.46 bits per heavy atom. The van der Waals surface area contributed by atoms with Crippen LogP contribution in [-0.4, -0.2) is 11.0 Å². The molecule has 0 spiro atoms. The molecule has 0 aliphatic carbocycles. The number of hydrogen-bond donors (Lipinski definition) is 2. The Morgan fingerprint density at radius 2 is 1.71 bits per heavy atom. The van der Waals surface area contributed by atoms with Gasteiger partial charge in [-0.15, -0.1) is 0 Å². The second-order valence-corrected chi connectivity index (χ2v) is 5.15. The van der Waals surface area contributed by atoms with E-state index in [1.54, 1.807) is 18.3 Å². The summed E-state index contributed by atoms with van der Waals surface area (Å²) in [5.41, 5.74) is 1.74. The van der Waals surface area contributed by atoms with Crippen molar-refractivity contribution in [2.45, 2.75) is 13.1 Å². The average molecular weight is 325 g/mol. The van der Waals surface area contributed by atoms with Crippen LogP contribution in [0.1, 0.15) is 11.5 Å². The highest BCUT2D eigenvalue weighted by molar-refractivity contribution is 5.73. The normalized spacial score (nSPS) is 10.4. The van der Waals surface area contributed by atoms with E-state index in [2.05, 4.69) is 15.6 Å². The topological polar surface area (TPSA) is 67.2 Å². The smallest absolute Gasteiger partial charge is 0.315 e. The van der Waals surface area contributed by atoms with Crippen molar-refractivity contribution in [3.8, 4) is 11.3 Å². The van der Waals surface area contributed by atoms with E-state index in [1.807, 2.05) is 30.3 Å². The molecule has 2 N–H and O–H groups in total. The van der Waals surface area contributed by atoms with E-state index in [0.717, 1.165) is 11.1 Å². The summed E-state index contributed by atoms with van der Waals surface area (Å²) in [5.74, 6) is 0.770. The van der Waals surface area contributed by atoms with E-state index >= 15 is 0 Å². The van der Waals surface area contributed by atoms with Gasteiger partial charge in [-0.1, -0.05) is 42.5 Å². The third-order valence-electron chi connectivity index (χ3n) is 3.38. The number of amides is 2. The molecular weight excluding hydrogens is 309 g/mol. The lowest BCUT2D eigenvalue weighted by Crippen LogP contribution is -2.34. The van der Waals surface area contributed by atoms with Gasteiger partial charge in [-0.3, -0.25) is 0 Å². The predicted molar refractivity (Wildman–Crippen MR) is 87.4 cm³/mol. The Labute approximate surface area is 138 Å². The first-order valence-corrected chi connectivity index (χ1v) is 7.47. The summed E-state index contributed by atoms with van der Waals surface area (Å²) in [7, 11) is 0. The summed E-state index contributed by atoms with van der Waals surface area (Å²) in [6.07, 6.45) is 1.63. The zero-order valence-corrected chi connectivity index (χ0v) is 12.8. The number of carbonyl (C=O) groups is 1. The van der Waals surface area contributed by atoms with Crippen molar-refractivity contribution in [1.29, 1.82) is 0 Å². The molecule has 1 heterocycles. The van der Waals surface area contributed by atoms with Crippen molar-refractivity contribution in [3.05, 3.63) is 78.1 Å². The van der Waals surface area contributed by atoms with Crippen LogP contribution >= 0.6 is 0 Å². The Balaban J connectivity index is 1.48. The van der Waals surface area contributed by atoms with Crippen LogP contribution in [0.3, 0.4) is 0 Å². The monoisotopic (exact) mass is 325 g/mol. The van der Waals surface area contributed by atoms with Crippen molar-refractivity contribution in [1.82, 2.24) is 15.6 Å². The van der Waals surface area contributed by atoms with Gasteiger partial charge in [-0.2, -0.15) is 0 Å². The summed E-state index contributed by atoms with van der Waals surface area (Å²) in [6, 6.07) is 15.2. The lowest BCUT2D eigenvalue weighted by molar-refractivity contribution is 0.239. The molecule has 0 fully saturated rings. The van der Waals surface area contributed by atoms with Gasteiger partial charge in [0.1, 0.15) is 5.82 Å². The minimum atomic E-state index is -0.348. The molecule has 122 valence electrons. The van der Waals surface area contributed by atoms with Gasteiger partial charge in [0, 0.05) is 12.1 Å². The SMILES string of the molecule is O=C(NCc1ccc(F)cc1)NCc1ncc(-c2ccccc2)o1. The molecule has 1 aromatic heterocycles. The number of carbonyl (C=O) groups excluding carboxylic acids is 1. The number of nitrogens with one attached hydrogen (secondary N) is 2. The summed E-state index contributed by atoms with van der Waals surface area (Å²) in [4.78, 5) is 15.9. The molecule has 24 heavy (non-hydrogen) atoms. The van der Waals surface area contributed by atoms with Crippen molar-refractivity contribution in [2.24, 2.45) is 0 Å². The first-order chi connectivity index (χ1) is 11.7. The Hall–Kier alpha value is -3.15. The largest absolute Gasteiger partial charge is 0.439 e. The molecule has 0 unspecified atom stereocenters. The molecule has 6 heteroatoms. The molecule has 2 amide bonds. The standard InChI is InChI=1S/C18H16FN3O2/c19-15-8-6-13(7-9-15)10-21-18(23)22-12-17-20-11-16(24-17)14-4-2-1-3-5-14/h1-9,11H,10,12H2,(H2,21,22,23). The number of aromatic nitrogens is 1. The lowest BCUT2D eigenvalue weighted by atomic mass is 10.2. The number of nitrogens with zero attached hydrogens (tertiary/aromatic N) is 1. The van der Waals surface area contributed by atoms with Gasteiger partial charge in [0.05, 0.1) is 12.7 Å². The Morgan fingerprint density at radius 1 is 1.00 bits per heavy atom. The minimum absolute atomic E-state index is 0.183. The van der Waals surface area contributed by atoms with Gasteiger partial charge in [-0.25, -0.2) is 14.2 Å². The Kier molecular flexibility index (Phi) is 4.86. The van der Waals surface area contributed by atoms with Crippen LogP contribution in [0, 0.1) is 5.82 Å². The maximum absolute atomic E-state index is 12.8. The van der Waals surface area contributed by atoms with Gasteiger partial charge < -0.3 is 15.1 Å². The molecule has 5 nitrogen and oxygen atoms in total. The lowest BCUT2D eigenvalue weighted by Gasteiger charge is -2.06. The number of benzene rings is 2. The van der Waals surface area contributed by atoms with Crippen LogP contribution in [-0.2, 0) is 13.1 Å². The molecule has 3 rings (SSSR count). The molecule has 3 aromatic rings. The summed E-state index contributed by atoms with van der Waals surface area (Å²) < 4.78 is 18.4. The van der Waals surface area contributed by atoms with Gasteiger partial charge in [0.2, 0.25) is 5.89 Å². The number of oxazole rings is 1. The van der Waals surface area contributed by atoms with Crippen LogP contribution in [0.2, 0.25) is 0 Å². The van der Waals surface area contributed by atoms with Crippen LogP contribution in [0.15, 0.2) is 65.2 Å². The maximum Gasteiger partial charge on any atom is 0.315 e. The van der Waals surface area contributed by atoms with E-state index in [-0.39, 0.29) is 18.4 Å². The molecule has 0 saturated carbocycles. The first kappa shape index (κ1) is 15.7. The van der Waals surface area contributed by atoms with Crippen LogP contribution in [0.4, 0.5) is 9.18 Å². The average Bonchev–Trinajstić information content (AvgIpc) is 3.09. The van der Waals surface area contributed by atoms with Crippen molar-refractivity contribution >= 4 is 6.03 Å². The molecule has 0 bridgehead atoms. The highest BCUT2D eigenvalue weighted by atomic mass is 19.1. The molecule has 0 aliphatic heterocycles. The molecule has 0 saturated heterocycles. The number of urea groups is 1. The zero-order valence-electron chi connectivity index (χ0n) is 12.8. The third-order valence-corrected chi connectivity index (χ3v) is 3.38. The number of rotatable bonds is 5. The van der Waals surface area contributed by atoms with Gasteiger partial charge in [0.25, 0.3) is 0 Å². The fraction of sp³-hybridized carbons (Fsp3) is 0.111. The number of hydrogen-bond acceptors (Lipinski definition) is 3. The molecule has 0 aliphatic rings. The van der Waals surface area contributed by atoms with Crippen LogP contribution < -0.4 is 10.6 Å². The maximum atomic E-state index is 12.8. The summed E-state index contributed by atoms with van der Waals surface area (Å²) >= 11 is 0. The zero-order chi connectivity index (χ0) is 16.8. The first-order valence-electron chi connectivity index (χ1n) is 7.47. The second-order valence-electron chi connectivity index (χ2n) is 5.15. The van der Waals surface area contributed by atoms with Crippen LogP contribution in [0.5, 0.6) is 0 Å². The van der Waals surface area contributed by atoms with E-state index in [9.17, 15) is 9.18 Å². The molecule has 0 radical (unpaired) electrons. The van der Waals surface area contributed by atoms with Crippen molar-refractivity contribution in [3.63, 3.8) is 0 Å². The minimum Gasteiger partial charge on any atom is -0.439 e. The third kappa shape index (κ3) is 4.19. The van der Waals surface area contributed by atoms with Crippen molar-refractivity contribution < 1.29 is 13.6 Å². The predicted octanol–water partition coefficient (Wildman–Crippen LogP) is 3.48. The summed E-state index contributed by atoms with van der Waals surface area (Å²) in [5, 5.41) is 5.35.